The SMILES string of the molecule is CCCCCCOc1ccncc1CNC(C)C. The van der Waals surface area contributed by atoms with E-state index in [1.165, 1.54) is 19.3 Å². The second-order valence-electron chi connectivity index (χ2n) is 4.93. The molecule has 0 unspecified atom stereocenters. The van der Waals surface area contributed by atoms with Crippen LogP contribution in [0.4, 0.5) is 0 Å². The fraction of sp³-hybridized carbons (Fsp3) is 0.667. The minimum absolute atomic E-state index is 0.475. The van der Waals surface area contributed by atoms with Crippen molar-refractivity contribution in [2.45, 2.75) is 59.0 Å². The highest BCUT2D eigenvalue weighted by Crippen LogP contribution is 2.17. The lowest BCUT2D eigenvalue weighted by Gasteiger charge is -2.13. The number of hydrogen-bond acceptors (Lipinski definition) is 3. The molecule has 0 saturated carbocycles. The lowest BCUT2D eigenvalue weighted by molar-refractivity contribution is 0.300. The standard InChI is InChI=1S/C15H26N2O/c1-4-5-6-7-10-18-15-8-9-16-11-14(15)12-17-13(2)3/h8-9,11,13,17H,4-7,10,12H2,1-3H3. The predicted molar refractivity (Wildman–Crippen MR) is 75.8 cm³/mol. The average molecular weight is 250 g/mol. The molecule has 102 valence electrons. The molecule has 0 atom stereocenters. The molecule has 0 fully saturated rings. The van der Waals surface area contributed by atoms with Crippen LogP contribution >= 0.6 is 0 Å². The van der Waals surface area contributed by atoms with Crippen LogP contribution < -0.4 is 10.1 Å². The number of nitrogens with zero attached hydrogens (tertiary/aromatic N) is 1. The van der Waals surface area contributed by atoms with Crippen molar-refractivity contribution < 1.29 is 4.74 Å². The maximum Gasteiger partial charge on any atom is 0.126 e. The first-order valence-corrected chi connectivity index (χ1v) is 7.03. The van der Waals surface area contributed by atoms with Gasteiger partial charge in [0.2, 0.25) is 0 Å². The van der Waals surface area contributed by atoms with E-state index in [1.54, 1.807) is 6.20 Å². The number of aromatic nitrogens is 1. The van der Waals surface area contributed by atoms with Crippen LogP contribution in [0.3, 0.4) is 0 Å². The Balaban J connectivity index is 2.38. The fourth-order valence-electron chi connectivity index (χ4n) is 1.71. The molecule has 3 heteroatoms. The Bertz CT molecular complexity index is 326. The summed E-state index contributed by atoms with van der Waals surface area (Å²) in [6.07, 6.45) is 8.62. The van der Waals surface area contributed by atoms with Gasteiger partial charge in [-0.3, -0.25) is 4.98 Å². The second-order valence-corrected chi connectivity index (χ2v) is 4.93. The van der Waals surface area contributed by atoms with E-state index in [0.29, 0.717) is 6.04 Å². The maximum atomic E-state index is 5.84. The number of hydrogen-bond donors (Lipinski definition) is 1. The molecule has 3 nitrogen and oxygen atoms in total. The molecule has 1 rings (SSSR count). The normalized spacial score (nSPS) is 10.9. The molecule has 0 spiro atoms. The summed E-state index contributed by atoms with van der Waals surface area (Å²) in [5.41, 5.74) is 1.14. The van der Waals surface area contributed by atoms with Gasteiger partial charge in [0.1, 0.15) is 5.75 Å². The number of nitrogens with one attached hydrogen (secondary N) is 1. The van der Waals surface area contributed by atoms with Crippen molar-refractivity contribution in [3.8, 4) is 5.75 Å². The van der Waals surface area contributed by atoms with E-state index in [0.717, 1.165) is 30.9 Å². The smallest absolute Gasteiger partial charge is 0.126 e. The molecule has 0 aliphatic heterocycles. The molecule has 1 N–H and O–H groups in total. The number of rotatable bonds is 9. The van der Waals surface area contributed by atoms with Crippen molar-refractivity contribution >= 4 is 0 Å². The van der Waals surface area contributed by atoms with Crippen LogP contribution in [0.15, 0.2) is 18.5 Å². The minimum Gasteiger partial charge on any atom is -0.493 e. The molecule has 1 aromatic rings. The highest BCUT2D eigenvalue weighted by Gasteiger charge is 2.04. The Labute approximate surface area is 111 Å². The third kappa shape index (κ3) is 6.01. The van der Waals surface area contributed by atoms with Gasteiger partial charge < -0.3 is 10.1 Å². The van der Waals surface area contributed by atoms with Gasteiger partial charge in [-0.25, -0.2) is 0 Å². The first kappa shape index (κ1) is 15.0. The summed E-state index contributed by atoms with van der Waals surface area (Å²) in [6.45, 7) is 8.12. The molecule has 1 heterocycles. The van der Waals surface area contributed by atoms with Crippen molar-refractivity contribution in [3.05, 3.63) is 24.0 Å². The van der Waals surface area contributed by atoms with Crippen LogP contribution in [0.25, 0.3) is 0 Å². The average Bonchev–Trinajstić information content (AvgIpc) is 2.37. The third-order valence-corrected chi connectivity index (χ3v) is 2.82. The lowest BCUT2D eigenvalue weighted by atomic mass is 10.2. The zero-order valence-corrected chi connectivity index (χ0v) is 11.9. The van der Waals surface area contributed by atoms with Crippen LogP contribution in [0, 0.1) is 0 Å². The quantitative estimate of drug-likeness (QED) is 0.681. The largest absolute Gasteiger partial charge is 0.493 e. The monoisotopic (exact) mass is 250 g/mol. The van der Waals surface area contributed by atoms with E-state index in [-0.39, 0.29) is 0 Å². The molecule has 0 radical (unpaired) electrons. The molecule has 0 aromatic carbocycles. The molecule has 18 heavy (non-hydrogen) atoms. The molecule has 0 saturated heterocycles. The van der Waals surface area contributed by atoms with Crippen molar-refractivity contribution in [1.82, 2.24) is 10.3 Å². The number of pyridine rings is 1. The first-order valence-electron chi connectivity index (χ1n) is 7.03. The Morgan fingerprint density at radius 2 is 2.11 bits per heavy atom. The molecular formula is C15H26N2O. The molecule has 1 aromatic heterocycles. The Morgan fingerprint density at radius 3 is 2.83 bits per heavy atom. The minimum atomic E-state index is 0.475. The van der Waals surface area contributed by atoms with Crippen molar-refractivity contribution in [3.63, 3.8) is 0 Å². The van der Waals surface area contributed by atoms with Gasteiger partial charge in [0, 0.05) is 30.5 Å². The number of unbranched alkanes of at least 4 members (excludes halogenated alkanes) is 3. The number of ether oxygens (including phenoxy) is 1. The van der Waals surface area contributed by atoms with E-state index in [1.807, 2.05) is 12.3 Å². The van der Waals surface area contributed by atoms with Gasteiger partial charge in [-0.05, 0) is 12.5 Å². The van der Waals surface area contributed by atoms with Crippen molar-refractivity contribution in [2.24, 2.45) is 0 Å². The van der Waals surface area contributed by atoms with Crippen molar-refractivity contribution in [2.75, 3.05) is 6.61 Å². The third-order valence-electron chi connectivity index (χ3n) is 2.82. The lowest BCUT2D eigenvalue weighted by Crippen LogP contribution is -2.22. The van der Waals surface area contributed by atoms with Crippen molar-refractivity contribution in [1.29, 1.82) is 0 Å². The highest BCUT2D eigenvalue weighted by atomic mass is 16.5. The zero-order valence-electron chi connectivity index (χ0n) is 11.9. The molecule has 0 bridgehead atoms. The second kappa shape index (κ2) is 8.92. The van der Waals surface area contributed by atoms with E-state index < -0.39 is 0 Å². The highest BCUT2D eigenvalue weighted by molar-refractivity contribution is 5.29. The topological polar surface area (TPSA) is 34.1 Å². The molecule has 0 aliphatic carbocycles. The molecule has 0 amide bonds. The van der Waals surface area contributed by atoms with Crippen LogP contribution in [-0.4, -0.2) is 17.6 Å². The van der Waals surface area contributed by atoms with Gasteiger partial charge in [0.15, 0.2) is 0 Å². The fourth-order valence-corrected chi connectivity index (χ4v) is 1.71. The molecule has 0 aliphatic rings. The summed E-state index contributed by atoms with van der Waals surface area (Å²) >= 11 is 0. The molecular weight excluding hydrogens is 224 g/mol. The van der Waals surface area contributed by atoms with Gasteiger partial charge in [0.25, 0.3) is 0 Å². The first-order chi connectivity index (χ1) is 8.74. The van der Waals surface area contributed by atoms with E-state index in [4.69, 9.17) is 4.74 Å². The van der Waals surface area contributed by atoms with E-state index in [2.05, 4.69) is 31.1 Å². The van der Waals surface area contributed by atoms with Gasteiger partial charge >= 0.3 is 0 Å². The summed E-state index contributed by atoms with van der Waals surface area (Å²) in [5, 5.41) is 3.39. The maximum absolute atomic E-state index is 5.84. The van der Waals surface area contributed by atoms with Crippen LogP contribution in [0.1, 0.15) is 52.0 Å². The van der Waals surface area contributed by atoms with Gasteiger partial charge in [-0.15, -0.1) is 0 Å². The summed E-state index contributed by atoms with van der Waals surface area (Å²) < 4.78 is 5.84. The van der Waals surface area contributed by atoms with E-state index >= 15 is 0 Å². The summed E-state index contributed by atoms with van der Waals surface area (Å²) in [7, 11) is 0. The van der Waals surface area contributed by atoms with Gasteiger partial charge in [-0.1, -0.05) is 40.0 Å². The van der Waals surface area contributed by atoms with E-state index in [9.17, 15) is 0 Å². The van der Waals surface area contributed by atoms with Gasteiger partial charge in [0.05, 0.1) is 6.61 Å². The predicted octanol–water partition coefficient (Wildman–Crippen LogP) is 3.54. The Kier molecular flexibility index (Phi) is 7.42. The van der Waals surface area contributed by atoms with Crippen LogP contribution in [0.2, 0.25) is 0 Å². The Hall–Kier alpha value is -1.09. The van der Waals surface area contributed by atoms with Crippen LogP contribution in [-0.2, 0) is 6.54 Å². The van der Waals surface area contributed by atoms with Gasteiger partial charge in [-0.2, -0.15) is 0 Å². The zero-order chi connectivity index (χ0) is 13.2. The Morgan fingerprint density at radius 1 is 1.28 bits per heavy atom. The summed E-state index contributed by atoms with van der Waals surface area (Å²) in [4.78, 5) is 4.16. The summed E-state index contributed by atoms with van der Waals surface area (Å²) in [5.74, 6) is 0.967. The van der Waals surface area contributed by atoms with Crippen LogP contribution in [0.5, 0.6) is 5.75 Å². The summed E-state index contributed by atoms with van der Waals surface area (Å²) in [6, 6.07) is 2.43.